The minimum absolute atomic E-state index is 0.00993. The van der Waals surface area contributed by atoms with E-state index in [0.29, 0.717) is 6.54 Å². The summed E-state index contributed by atoms with van der Waals surface area (Å²) < 4.78 is 5.02. The van der Waals surface area contributed by atoms with Crippen LogP contribution in [0.15, 0.2) is 30.3 Å². The van der Waals surface area contributed by atoms with Gasteiger partial charge in [0.25, 0.3) is 0 Å². The van der Waals surface area contributed by atoms with E-state index in [4.69, 9.17) is 10.5 Å². The van der Waals surface area contributed by atoms with Gasteiger partial charge in [-0.15, -0.1) is 0 Å². The van der Waals surface area contributed by atoms with Gasteiger partial charge in [0.2, 0.25) is 0 Å². The van der Waals surface area contributed by atoms with Gasteiger partial charge in [0.05, 0.1) is 0 Å². The lowest BCUT2D eigenvalue weighted by atomic mass is 10.2. The average molecular weight is 222 g/mol. The predicted molar refractivity (Wildman–Crippen MR) is 62.9 cm³/mol. The van der Waals surface area contributed by atoms with Crippen LogP contribution in [0.3, 0.4) is 0 Å². The molecule has 0 heterocycles. The standard InChI is InChI=1S/C12H18N2O2/c1-2-11(13)8-14-12(15)16-9-10-6-4-3-5-7-10/h3-7,11H,2,8-9,13H2,1H3,(H,14,15). The Bertz CT molecular complexity index is 314. The summed E-state index contributed by atoms with van der Waals surface area (Å²) in [5.74, 6) is 0. The van der Waals surface area contributed by atoms with E-state index in [9.17, 15) is 4.79 Å². The van der Waals surface area contributed by atoms with E-state index in [1.807, 2.05) is 37.3 Å². The molecule has 1 atom stereocenters. The smallest absolute Gasteiger partial charge is 0.407 e. The molecule has 0 aliphatic carbocycles. The third-order valence-corrected chi connectivity index (χ3v) is 2.25. The lowest BCUT2D eigenvalue weighted by Gasteiger charge is -2.10. The van der Waals surface area contributed by atoms with E-state index in [2.05, 4.69) is 5.32 Å². The molecule has 0 saturated heterocycles. The Morgan fingerprint density at radius 2 is 2.12 bits per heavy atom. The van der Waals surface area contributed by atoms with Gasteiger partial charge in [0.1, 0.15) is 6.61 Å². The molecule has 1 amide bonds. The van der Waals surface area contributed by atoms with E-state index in [-0.39, 0.29) is 12.6 Å². The molecule has 88 valence electrons. The van der Waals surface area contributed by atoms with Gasteiger partial charge in [-0.1, -0.05) is 37.3 Å². The van der Waals surface area contributed by atoms with Crippen LogP contribution in [-0.2, 0) is 11.3 Å². The normalized spacial score (nSPS) is 11.9. The molecule has 0 radical (unpaired) electrons. The lowest BCUT2D eigenvalue weighted by Crippen LogP contribution is -2.36. The number of ether oxygens (including phenoxy) is 1. The third-order valence-electron chi connectivity index (χ3n) is 2.25. The van der Waals surface area contributed by atoms with Gasteiger partial charge in [-0.2, -0.15) is 0 Å². The first-order valence-corrected chi connectivity index (χ1v) is 5.42. The van der Waals surface area contributed by atoms with Gasteiger partial charge >= 0.3 is 6.09 Å². The Morgan fingerprint density at radius 1 is 1.44 bits per heavy atom. The van der Waals surface area contributed by atoms with Crippen molar-refractivity contribution in [2.45, 2.75) is 26.0 Å². The Kier molecular flexibility index (Phi) is 5.36. The van der Waals surface area contributed by atoms with Crippen molar-refractivity contribution in [3.63, 3.8) is 0 Å². The van der Waals surface area contributed by atoms with Crippen molar-refractivity contribution in [3.05, 3.63) is 35.9 Å². The summed E-state index contributed by atoms with van der Waals surface area (Å²) in [6, 6.07) is 9.54. The van der Waals surface area contributed by atoms with Gasteiger partial charge in [-0.05, 0) is 12.0 Å². The number of rotatable bonds is 5. The maximum atomic E-state index is 11.2. The van der Waals surface area contributed by atoms with E-state index >= 15 is 0 Å². The van der Waals surface area contributed by atoms with Gasteiger partial charge in [-0.3, -0.25) is 0 Å². The zero-order chi connectivity index (χ0) is 11.8. The Balaban J connectivity index is 2.20. The fourth-order valence-corrected chi connectivity index (χ4v) is 1.13. The van der Waals surface area contributed by atoms with Crippen molar-refractivity contribution in [1.29, 1.82) is 0 Å². The average Bonchev–Trinajstić information content (AvgIpc) is 2.34. The van der Waals surface area contributed by atoms with Crippen molar-refractivity contribution < 1.29 is 9.53 Å². The van der Waals surface area contributed by atoms with Crippen molar-refractivity contribution in [2.24, 2.45) is 5.73 Å². The first-order chi connectivity index (χ1) is 7.72. The van der Waals surface area contributed by atoms with E-state index < -0.39 is 6.09 Å². The number of carbonyl (C=O) groups excluding carboxylic acids is 1. The van der Waals surface area contributed by atoms with Gasteiger partial charge in [0, 0.05) is 12.6 Å². The molecule has 4 heteroatoms. The summed E-state index contributed by atoms with van der Waals surface area (Å²) in [5, 5.41) is 2.62. The molecule has 1 unspecified atom stereocenters. The zero-order valence-electron chi connectivity index (χ0n) is 9.48. The summed E-state index contributed by atoms with van der Waals surface area (Å²) in [6.07, 6.45) is 0.409. The molecule has 4 nitrogen and oxygen atoms in total. The highest BCUT2D eigenvalue weighted by Gasteiger charge is 2.04. The lowest BCUT2D eigenvalue weighted by molar-refractivity contribution is 0.139. The molecular formula is C12H18N2O2. The molecule has 1 aromatic carbocycles. The van der Waals surface area contributed by atoms with Crippen molar-refractivity contribution >= 4 is 6.09 Å². The molecule has 0 saturated carbocycles. The Labute approximate surface area is 95.8 Å². The second-order valence-electron chi connectivity index (χ2n) is 3.61. The highest BCUT2D eigenvalue weighted by molar-refractivity contribution is 5.67. The van der Waals surface area contributed by atoms with Crippen LogP contribution in [0.5, 0.6) is 0 Å². The molecular weight excluding hydrogens is 204 g/mol. The SMILES string of the molecule is CCC(N)CNC(=O)OCc1ccccc1. The van der Waals surface area contributed by atoms with Crippen LogP contribution in [0.25, 0.3) is 0 Å². The first-order valence-electron chi connectivity index (χ1n) is 5.42. The maximum Gasteiger partial charge on any atom is 0.407 e. The van der Waals surface area contributed by atoms with E-state index in [0.717, 1.165) is 12.0 Å². The Hall–Kier alpha value is -1.55. The minimum Gasteiger partial charge on any atom is -0.445 e. The van der Waals surface area contributed by atoms with Gasteiger partial charge in [-0.25, -0.2) is 4.79 Å². The number of benzene rings is 1. The second kappa shape index (κ2) is 6.85. The number of alkyl carbamates (subject to hydrolysis) is 1. The monoisotopic (exact) mass is 222 g/mol. The van der Waals surface area contributed by atoms with Crippen LogP contribution < -0.4 is 11.1 Å². The van der Waals surface area contributed by atoms with Crippen molar-refractivity contribution in [1.82, 2.24) is 5.32 Å². The summed E-state index contributed by atoms with van der Waals surface area (Å²) >= 11 is 0. The quantitative estimate of drug-likeness (QED) is 0.796. The summed E-state index contributed by atoms with van der Waals surface area (Å²) in [6.45, 7) is 2.71. The molecule has 1 aromatic rings. The van der Waals surface area contributed by atoms with E-state index in [1.165, 1.54) is 0 Å². The van der Waals surface area contributed by atoms with Crippen LogP contribution >= 0.6 is 0 Å². The summed E-state index contributed by atoms with van der Waals surface area (Å²) in [4.78, 5) is 11.2. The maximum absolute atomic E-state index is 11.2. The zero-order valence-corrected chi connectivity index (χ0v) is 9.48. The highest BCUT2D eigenvalue weighted by atomic mass is 16.5. The molecule has 0 aromatic heterocycles. The Morgan fingerprint density at radius 3 is 2.75 bits per heavy atom. The van der Waals surface area contributed by atoms with Crippen LogP contribution in [0.1, 0.15) is 18.9 Å². The number of hydrogen-bond acceptors (Lipinski definition) is 3. The first kappa shape index (κ1) is 12.5. The van der Waals surface area contributed by atoms with Crippen LogP contribution in [0.2, 0.25) is 0 Å². The molecule has 0 aliphatic rings. The largest absolute Gasteiger partial charge is 0.445 e. The number of hydrogen-bond donors (Lipinski definition) is 2. The van der Waals surface area contributed by atoms with Crippen LogP contribution in [0, 0.1) is 0 Å². The molecule has 0 spiro atoms. The molecule has 16 heavy (non-hydrogen) atoms. The number of nitrogens with one attached hydrogen (secondary N) is 1. The molecule has 0 aliphatic heterocycles. The van der Waals surface area contributed by atoms with Crippen LogP contribution in [-0.4, -0.2) is 18.7 Å². The molecule has 0 fully saturated rings. The summed E-state index contributed by atoms with van der Waals surface area (Å²) in [7, 11) is 0. The van der Waals surface area contributed by atoms with Crippen molar-refractivity contribution in [2.75, 3.05) is 6.54 Å². The fraction of sp³-hybridized carbons (Fsp3) is 0.417. The van der Waals surface area contributed by atoms with Crippen LogP contribution in [0.4, 0.5) is 4.79 Å². The van der Waals surface area contributed by atoms with E-state index in [1.54, 1.807) is 0 Å². The molecule has 0 bridgehead atoms. The van der Waals surface area contributed by atoms with Gasteiger partial charge in [0.15, 0.2) is 0 Å². The minimum atomic E-state index is -0.423. The second-order valence-corrected chi connectivity index (χ2v) is 3.61. The predicted octanol–water partition coefficient (Wildman–Crippen LogP) is 1.65. The summed E-state index contributed by atoms with van der Waals surface area (Å²) in [5.41, 5.74) is 6.63. The third kappa shape index (κ3) is 4.79. The van der Waals surface area contributed by atoms with Gasteiger partial charge < -0.3 is 15.8 Å². The topological polar surface area (TPSA) is 64.3 Å². The molecule has 3 N–H and O–H groups in total. The molecule has 1 rings (SSSR count). The fourth-order valence-electron chi connectivity index (χ4n) is 1.13. The highest BCUT2D eigenvalue weighted by Crippen LogP contribution is 2.00. The number of carbonyl (C=O) groups is 1. The van der Waals surface area contributed by atoms with Crippen molar-refractivity contribution in [3.8, 4) is 0 Å². The number of nitrogens with two attached hydrogens (primary N) is 1. The number of amides is 1.